The molecule has 0 fully saturated rings. The van der Waals surface area contributed by atoms with E-state index in [0.717, 1.165) is 23.5 Å². The minimum absolute atomic E-state index is 0.0258. The Bertz CT molecular complexity index is 1060. The molecule has 0 bridgehead atoms. The van der Waals surface area contributed by atoms with Crippen LogP contribution in [0.4, 0.5) is 10.9 Å². The summed E-state index contributed by atoms with van der Waals surface area (Å²) in [7, 11) is -4.51. The first-order valence-electron chi connectivity index (χ1n) is 9.62. The van der Waals surface area contributed by atoms with Crippen molar-refractivity contribution >= 4 is 52.1 Å². The Labute approximate surface area is 188 Å². The normalized spacial score (nSPS) is 14.0. The number of thiazole rings is 1. The van der Waals surface area contributed by atoms with E-state index in [2.05, 4.69) is 44.2 Å². The van der Waals surface area contributed by atoms with E-state index in [9.17, 15) is 19.5 Å². The molecule has 168 valence electrons. The third-order valence-corrected chi connectivity index (χ3v) is 6.79. The van der Waals surface area contributed by atoms with Crippen molar-refractivity contribution in [2.24, 2.45) is 5.92 Å². The van der Waals surface area contributed by atoms with Gasteiger partial charge in [-0.25, -0.2) is 14.5 Å². The molecule has 31 heavy (non-hydrogen) atoms. The van der Waals surface area contributed by atoms with Gasteiger partial charge in [-0.05, 0) is 31.4 Å². The molecule has 3 rings (SSSR count). The summed E-state index contributed by atoms with van der Waals surface area (Å²) in [5.74, 6) is 0.824. The van der Waals surface area contributed by atoms with Crippen LogP contribution in [0.2, 0.25) is 0 Å². The Balaban J connectivity index is 1.97. The number of rotatable bonds is 10. The molecule has 0 aliphatic heterocycles. The van der Waals surface area contributed by atoms with Crippen LogP contribution in [0.5, 0.6) is 0 Å². The number of pyridine rings is 1. The lowest BCUT2D eigenvalue weighted by Gasteiger charge is -2.19. The highest BCUT2D eigenvalue weighted by Crippen LogP contribution is 2.41. The Morgan fingerprint density at radius 1 is 1.19 bits per heavy atom. The van der Waals surface area contributed by atoms with E-state index in [-0.39, 0.29) is 23.0 Å². The van der Waals surface area contributed by atoms with Crippen molar-refractivity contribution in [2.45, 2.75) is 43.6 Å². The maximum Gasteiger partial charge on any atom is 0.429 e. The van der Waals surface area contributed by atoms with E-state index >= 15 is 0 Å². The van der Waals surface area contributed by atoms with Crippen molar-refractivity contribution in [1.29, 1.82) is 0 Å². The lowest BCUT2D eigenvalue weighted by Crippen LogP contribution is -2.26. The maximum absolute atomic E-state index is 11.3. The Kier molecular flexibility index (Phi) is 7.84. The van der Waals surface area contributed by atoms with Crippen molar-refractivity contribution < 1.29 is 19.5 Å². The van der Waals surface area contributed by atoms with Gasteiger partial charge in [-0.2, -0.15) is 4.98 Å². The molecular formula is C18H25N6O4PS2. The predicted molar refractivity (Wildman–Crippen MR) is 123 cm³/mol. The summed E-state index contributed by atoms with van der Waals surface area (Å²) >= 11 is 2.44. The summed E-state index contributed by atoms with van der Waals surface area (Å²) in [6.07, 6.45) is 2.45. The molecule has 2 atom stereocenters. The van der Waals surface area contributed by atoms with Gasteiger partial charge in [0.2, 0.25) is 0 Å². The summed E-state index contributed by atoms with van der Waals surface area (Å²) in [6, 6.07) is 5.45. The molecule has 0 spiro atoms. The third-order valence-electron chi connectivity index (χ3n) is 4.18. The topological polar surface area (TPSA) is 153 Å². The fraction of sp³-hybridized carbons (Fsp3) is 0.444. The van der Waals surface area contributed by atoms with Gasteiger partial charge in [-0.1, -0.05) is 43.0 Å². The van der Waals surface area contributed by atoms with Crippen LogP contribution in [-0.2, 0) is 4.57 Å². The molecule has 0 radical (unpaired) electrons. The lowest BCUT2D eigenvalue weighted by molar-refractivity contribution is 0.259. The lowest BCUT2D eigenvalue weighted by atomic mass is 10.0. The van der Waals surface area contributed by atoms with Crippen LogP contribution >= 0.6 is 30.8 Å². The molecule has 0 aliphatic rings. The predicted octanol–water partition coefficient (Wildman–Crippen LogP) is 3.66. The van der Waals surface area contributed by atoms with E-state index in [1.54, 1.807) is 6.20 Å². The Morgan fingerprint density at radius 3 is 2.58 bits per heavy atom. The highest BCUT2D eigenvalue weighted by Gasteiger charge is 2.22. The third kappa shape index (κ3) is 6.83. The second-order valence-electron chi connectivity index (χ2n) is 7.35. The SMILES string of the molecule is CC(C)CC(CO)Nc1nc(SC(C)c2ccccn2)nc2nc(NP(=O)(O)O)sc12. The van der Waals surface area contributed by atoms with Crippen LogP contribution in [0.15, 0.2) is 29.6 Å². The molecular weight excluding hydrogens is 459 g/mol. The molecule has 0 amide bonds. The molecule has 0 saturated heterocycles. The van der Waals surface area contributed by atoms with Gasteiger partial charge in [0.25, 0.3) is 0 Å². The fourth-order valence-electron chi connectivity index (χ4n) is 2.90. The van der Waals surface area contributed by atoms with Crippen molar-refractivity contribution in [3.8, 4) is 0 Å². The first-order valence-corrected chi connectivity index (χ1v) is 12.9. The van der Waals surface area contributed by atoms with Gasteiger partial charge in [-0.3, -0.25) is 10.1 Å². The number of nitrogens with zero attached hydrogens (tertiary/aromatic N) is 4. The molecule has 3 aromatic heterocycles. The average Bonchev–Trinajstić information content (AvgIpc) is 3.08. The van der Waals surface area contributed by atoms with Gasteiger partial charge < -0.3 is 20.2 Å². The summed E-state index contributed by atoms with van der Waals surface area (Å²) in [4.78, 5) is 36.1. The van der Waals surface area contributed by atoms with Crippen molar-refractivity contribution in [3.63, 3.8) is 0 Å². The van der Waals surface area contributed by atoms with Gasteiger partial charge in [0.15, 0.2) is 21.8 Å². The summed E-state index contributed by atoms with van der Waals surface area (Å²) < 4.78 is 11.9. The minimum atomic E-state index is -4.51. The number of aliphatic hydroxyl groups is 1. The van der Waals surface area contributed by atoms with Gasteiger partial charge in [0.1, 0.15) is 4.70 Å². The Morgan fingerprint density at radius 2 is 1.97 bits per heavy atom. The van der Waals surface area contributed by atoms with Crippen LogP contribution in [-0.4, -0.2) is 47.5 Å². The maximum atomic E-state index is 11.3. The number of fused-ring (bicyclic) bond motifs is 1. The van der Waals surface area contributed by atoms with Crippen LogP contribution in [0.3, 0.4) is 0 Å². The smallest absolute Gasteiger partial charge is 0.394 e. The zero-order valence-corrected chi connectivity index (χ0v) is 19.8. The number of aromatic nitrogens is 4. The van der Waals surface area contributed by atoms with Gasteiger partial charge >= 0.3 is 7.75 Å². The molecule has 0 saturated carbocycles. The second kappa shape index (κ2) is 10.2. The summed E-state index contributed by atoms with van der Waals surface area (Å²) in [5.41, 5.74) is 1.19. The van der Waals surface area contributed by atoms with E-state index in [1.165, 1.54) is 11.8 Å². The van der Waals surface area contributed by atoms with Gasteiger partial charge in [-0.15, -0.1) is 0 Å². The fourth-order valence-corrected chi connectivity index (χ4v) is 5.31. The average molecular weight is 485 g/mol. The number of thioether (sulfide) groups is 1. The highest BCUT2D eigenvalue weighted by atomic mass is 32.2. The van der Waals surface area contributed by atoms with E-state index in [1.807, 2.05) is 25.1 Å². The van der Waals surface area contributed by atoms with E-state index < -0.39 is 7.75 Å². The largest absolute Gasteiger partial charge is 0.429 e. The molecule has 5 N–H and O–H groups in total. The molecule has 10 nitrogen and oxygen atoms in total. The van der Waals surface area contributed by atoms with Crippen molar-refractivity contribution in [3.05, 3.63) is 30.1 Å². The number of hydrogen-bond acceptors (Lipinski definition) is 9. The molecule has 3 heterocycles. The van der Waals surface area contributed by atoms with E-state index in [0.29, 0.717) is 27.2 Å². The van der Waals surface area contributed by atoms with Gasteiger partial charge in [0.05, 0.1) is 23.6 Å². The van der Waals surface area contributed by atoms with E-state index in [4.69, 9.17) is 0 Å². The first kappa shape index (κ1) is 23.8. The van der Waals surface area contributed by atoms with Crippen molar-refractivity contribution in [1.82, 2.24) is 19.9 Å². The van der Waals surface area contributed by atoms with Gasteiger partial charge in [0, 0.05) is 6.20 Å². The summed E-state index contributed by atoms with van der Waals surface area (Å²) in [6.45, 7) is 6.03. The quantitative estimate of drug-likeness (QED) is 0.163. The van der Waals surface area contributed by atoms with Crippen LogP contribution in [0.25, 0.3) is 10.3 Å². The van der Waals surface area contributed by atoms with Crippen LogP contribution < -0.4 is 10.4 Å². The minimum Gasteiger partial charge on any atom is -0.394 e. The monoisotopic (exact) mass is 484 g/mol. The summed E-state index contributed by atoms with van der Waals surface area (Å²) in [5, 5.41) is 15.6. The zero-order chi connectivity index (χ0) is 22.6. The van der Waals surface area contributed by atoms with Crippen LogP contribution in [0, 0.1) is 5.92 Å². The number of nitrogens with one attached hydrogen (secondary N) is 2. The number of aliphatic hydroxyl groups excluding tert-OH is 1. The molecule has 3 aromatic rings. The zero-order valence-electron chi connectivity index (χ0n) is 17.3. The Hall–Kier alpha value is -1.82. The van der Waals surface area contributed by atoms with Crippen LogP contribution in [0.1, 0.15) is 38.1 Å². The first-order chi connectivity index (χ1) is 14.6. The molecule has 2 unspecified atom stereocenters. The number of hydrogen-bond donors (Lipinski definition) is 5. The standard InChI is InChI=1S/C18H25N6O4PS2/c1-10(2)8-12(9-25)20-15-14-16(23-18(31-14)24-29(26,27)28)22-17(21-15)30-11(3)13-6-4-5-7-19-13/h4-7,10-12,25H,8-9H2,1-3H3,(H4,20,21,22,23,24,26,27,28). The molecule has 0 aromatic carbocycles. The second-order valence-corrected chi connectivity index (χ2v) is 11.0. The molecule has 0 aliphatic carbocycles. The highest BCUT2D eigenvalue weighted by molar-refractivity contribution is 7.99. The molecule has 13 heteroatoms. The van der Waals surface area contributed by atoms with Crippen molar-refractivity contribution in [2.75, 3.05) is 17.0 Å². The number of anilines is 2.